The second kappa shape index (κ2) is 10.3. The number of thiophene rings is 1. The third kappa shape index (κ3) is 4.39. The number of aromatic nitrogens is 4. The van der Waals surface area contributed by atoms with Crippen molar-refractivity contribution in [3.63, 3.8) is 0 Å². The zero-order valence-electron chi connectivity index (χ0n) is 21.2. The fourth-order valence-electron chi connectivity index (χ4n) is 5.27. The Kier molecular flexibility index (Phi) is 6.56. The average Bonchev–Trinajstić information content (AvgIpc) is 3.36. The van der Waals surface area contributed by atoms with Gasteiger partial charge in [0.2, 0.25) is 11.8 Å². The minimum Gasteiger partial charge on any atom is -0.436 e. The van der Waals surface area contributed by atoms with Crippen LogP contribution in [-0.4, -0.2) is 50.1 Å². The fourth-order valence-corrected chi connectivity index (χ4v) is 6.28. The van der Waals surface area contributed by atoms with Gasteiger partial charge in [-0.1, -0.05) is 19.4 Å². The van der Waals surface area contributed by atoms with Gasteiger partial charge in [-0.15, -0.1) is 16.4 Å². The lowest BCUT2D eigenvalue weighted by molar-refractivity contribution is -0.117. The second-order valence-corrected chi connectivity index (χ2v) is 10.3. The average molecular weight is 557 g/mol. The molecule has 0 spiro atoms. The Bertz CT molecular complexity index is 1630. The molecule has 4 amide bonds. The summed E-state index contributed by atoms with van der Waals surface area (Å²) in [5, 5.41) is 11.3. The van der Waals surface area contributed by atoms with E-state index in [9.17, 15) is 14.4 Å². The molecular formula is C27H24N8O4S. The molecule has 2 atom stereocenters. The number of amides is 4. The maximum absolute atomic E-state index is 14.4. The number of pyridine rings is 2. The molecule has 1 saturated carbocycles. The highest BCUT2D eigenvalue weighted by molar-refractivity contribution is 7.21. The molecule has 3 N–H and O–H groups in total. The van der Waals surface area contributed by atoms with Crippen molar-refractivity contribution in [2.75, 3.05) is 9.80 Å². The highest BCUT2D eigenvalue weighted by atomic mass is 32.1. The fraction of sp³-hybridized carbons (Fsp3) is 0.222. The first-order chi connectivity index (χ1) is 19.5. The van der Waals surface area contributed by atoms with E-state index in [2.05, 4.69) is 32.1 Å². The van der Waals surface area contributed by atoms with E-state index in [4.69, 9.17) is 10.5 Å². The summed E-state index contributed by atoms with van der Waals surface area (Å²) < 4.78 is 5.71. The Morgan fingerprint density at radius 3 is 2.73 bits per heavy atom. The molecule has 40 heavy (non-hydrogen) atoms. The number of nitrogens with one attached hydrogen (secondary N) is 1. The lowest BCUT2D eigenvalue weighted by Crippen LogP contribution is -2.58. The summed E-state index contributed by atoms with van der Waals surface area (Å²) >= 11 is 1.14. The van der Waals surface area contributed by atoms with Crippen LogP contribution in [-0.2, 0) is 4.79 Å². The molecular weight excluding hydrogens is 532 g/mol. The van der Waals surface area contributed by atoms with Crippen LogP contribution in [0.3, 0.4) is 0 Å². The Labute approximate surface area is 232 Å². The van der Waals surface area contributed by atoms with Gasteiger partial charge in [0.1, 0.15) is 21.3 Å². The molecule has 1 fully saturated rings. The van der Waals surface area contributed by atoms with Gasteiger partial charge in [-0.3, -0.25) is 14.5 Å². The molecule has 202 valence electrons. The van der Waals surface area contributed by atoms with E-state index in [0.717, 1.165) is 24.2 Å². The standard InChI is InChI=1S/C27H24N8O4S/c1-2-20(36)32-16-6-3-4-7-17(16)35-23-22-18(11-13-29-26(22)40-24(23)25(28)37)34(27(35)38)19-10-9-15(14-30-19)39-21-8-5-12-31-33-21/h2,5,8-14,16-17H,1,3-4,6-7H2,(H2,28,37)(H,32,36)/t16-,17+/m0/s1. The van der Waals surface area contributed by atoms with E-state index in [0.29, 0.717) is 51.9 Å². The van der Waals surface area contributed by atoms with E-state index in [1.807, 2.05) is 0 Å². The molecule has 5 heterocycles. The largest absolute Gasteiger partial charge is 0.436 e. The van der Waals surface area contributed by atoms with Crippen molar-refractivity contribution in [3.05, 3.63) is 66.5 Å². The van der Waals surface area contributed by atoms with Gasteiger partial charge in [0.15, 0.2) is 0 Å². The summed E-state index contributed by atoms with van der Waals surface area (Å²) in [7, 11) is 0. The minimum absolute atomic E-state index is 0.239. The summed E-state index contributed by atoms with van der Waals surface area (Å²) in [5.74, 6) is 0.0820. The molecule has 4 aromatic rings. The van der Waals surface area contributed by atoms with Gasteiger partial charge < -0.3 is 15.8 Å². The lowest BCUT2D eigenvalue weighted by Gasteiger charge is -2.44. The van der Waals surface area contributed by atoms with Gasteiger partial charge in [0.25, 0.3) is 5.91 Å². The number of carbonyl (C=O) groups excluding carboxylic acids is 3. The van der Waals surface area contributed by atoms with Crippen molar-refractivity contribution in [2.24, 2.45) is 5.73 Å². The monoisotopic (exact) mass is 556 g/mol. The number of hydrogen-bond acceptors (Lipinski definition) is 9. The topological polar surface area (TPSA) is 157 Å². The van der Waals surface area contributed by atoms with Crippen LogP contribution in [0.15, 0.2) is 61.6 Å². The molecule has 0 unspecified atom stereocenters. The third-order valence-electron chi connectivity index (χ3n) is 6.94. The number of rotatable bonds is 7. The number of nitrogens with two attached hydrogens (primary N) is 1. The van der Waals surface area contributed by atoms with Crippen LogP contribution < -0.4 is 25.6 Å². The quantitative estimate of drug-likeness (QED) is 0.323. The van der Waals surface area contributed by atoms with Crippen LogP contribution >= 0.6 is 11.3 Å². The third-order valence-corrected chi connectivity index (χ3v) is 8.04. The summed E-state index contributed by atoms with van der Waals surface area (Å²) in [4.78, 5) is 52.2. The van der Waals surface area contributed by atoms with Crippen molar-refractivity contribution < 1.29 is 19.1 Å². The minimum atomic E-state index is -0.652. The van der Waals surface area contributed by atoms with Crippen molar-refractivity contribution in [3.8, 4) is 11.6 Å². The number of primary amides is 1. The summed E-state index contributed by atoms with van der Waals surface area (Å²) in [6, 6.07) is 7.22. The number of urea groups is 1. The van der Waals surface area contributed by atoms with Crippen molar-refractivity contribution >= 4 is 56.6 Å². The molecule has 0 aromatic carbocycles. The molecule has 2 aliphatic rings. The number of ether oxygens (including phenoxy) is 1. The number of carbonyl (C=O) groups is 3. The molecule has 0 radical (unpaired) electrons. The van der Waals surface area contributed by atoms with E-state index in [-0.39, 0.29) is 16.8 Å². The van der Waals surface area contributed by atoms with E-state index in [1.165, 1.54) is 17.2 Å². The van der Waals surface area contributed by atoms with Gasteiger partial charge in [-0.25, -0.2) is 19.7 Å². The smallest absolute Gasteiger partial charge is 0.335 e. The van der Waals surface area contributed by atoms with Gasteiger partial charge >= 0.3 is 6.03 Å². The first-order valence-electron chi connectivity index (χ1n) is 12.7. The van der Waals surface area contributed by atoms with Gasteiger partial charge in [-0.2, -0.15) is 5.10 Å². The van der Waals surface area contributed by atoms with Crippen LogP contribution in [0.2, 0.25) is 0 Å². The van der Waals surface area contributed by atoms with Crippen LogP contribution in [0.1, 0.15) is 35.4 Å². The predicted octanol–water partition coefficient (Wildman–Crippen LogP) is 4.06. The maximum Gasteiger partial charge on any atom is 0.335 e. The second-order valence-electron chi connectivity index (χ2n) is 9.33. The molecule has 6 rings (SSSR count). The normalized spacial score (nSPS) is 18.4. The summed E-state index contributed by atoms with van der Waals surface area (Å²) in [5.41, 5.74) is 6.75. The van der Waals surface area contributed by atoms with Gasteiger partial charge in [0, 0.05) is 18.5 Å². The highest BCUT2D eigenvalue weighted by Crippen LogP contribution is 2.49. The Morgan fingerprint density at radius 1 is 1.15 bits per heavy atom. The molecule has 1 aliphatic heterocycles. The van der Waals surface area contributed by atoms with E-state index < -0.39 is 18.0 Å². The first-order valence-corrected chi connectivity index (χ1v) is 13.5. The molecule has 0 saturated heterocycles. The lowest BCUT2D eigenvalue weighted by atomic mass is 9.88. The van der Waals surface area contributed by atoms with Crippen LogP contribution in [0.25, 0.3) is 10.2 Å². The number of anilines is 3. The zero-order chi connectivity index (χ0) is 27.8. The summed E-state index contributed by atoms with van der Waals surface area (Å²) in [6.07, 6.45) is 8.84. The number of nitrogens with zero attached hydrogens (tertiary/aromatic N) is 6. The molecule has 0 bridgehead atoms. The predicted molar refractivity (Wildman–Crippen MR) is 149 cm³/mol. The van der Waals surface area contributed by atoms with Crippen molar-refractivity contribution in [1.29, 1.82) is 0 Å². The SMILES string of the molecule is C=CC(=O)N[C@H]1CCCC[C@H]1N1C(=O)N(c2ccc(Oc3cccnn3)cn2)c2ccnc3sc(C(N)=O)c1c23. The van der Waals surface area contributed by atoms with E-state index >= 15 is 0 Å². The van der Waals surface area contributed by atoms with Crippen molar-refractivity contribution in [2.45, 2.75) is 37.8 Å². The molecule has 1 aliphatic carbocycles. The first kappa shape index (κ1) is 25.4. The molecule has 12 nitrogen and oxygen atoms in total. The zero-order valence-corrected chi connectivity index (χ0v) is 22.0. The maximum atomic E-state index is 14.4. The molecule has 13 heteroatoms. The highest BCUT2D eigenvalue weighted by Gasteiger charge is 2.44. The summed E-state index contributed by atoms with van der Waals surface area (Å²) in [6.45, 7) is 3.56. The Hall–Kier alpha value is -4.91. The van der Waals surface area contributed by atoms with Crippen molar-refractivity contribution in [1.82, 2.24) is 25.5 Å². The Balaban J connectivity index is 1.46. The van der Waals surface area contributed by atoms with Crippen LogP contribution in [0, 0.1) is 0 Å². The van der Waals surface area contributed by atoms with Crippen LogP contribution in [0.4, 0.5) is 22.0 Å². The van der Waals surface area contributed by atoms with Gasteiger partial charge in [0.05, 0.1) is 35.0 Å². The molecule has 4 aromatic heterocycles. The van der Waals surface area contributed by atoms with Crippen LogP contribution in [0.5, 0.6) is 11.6 Å². The number of hydrogen-bond donors (Lipinski definition) is 2. The Morgan fingerprint density at radius 2 is 2.00 bits per heavy atom. The van der Waals surface area contributed by atoms with E-state index in [1.54, 1.807) is 47.6 Å². The van der Waals surface area contributed by atoms with Gasteiger partial charge in [-0.05, 0) is 43.2 Å².